The molecule has 0 radical (unpaired) electrons. The van der Waals surface area contributed by atoms with E-state index in [2.05, 4.69) is 33.2 Å². The van der Waals surface area contributed by atoms with Crippen LogP contribution >= 0.6 is 0 Å². The number of nitrogens with zero attached hydrogens (tertiary/aromatic N) is 4. The van der Waals surface area contributed by atoms with Crippen LogP contribution in [0.25, 0.3) is 0 Å². The van der Waals surface area contributed by atoms with Crippen LogP contribution in [0.3, 0.4) is 0 Å². The van der Waals surface area contributed by atoms with E-state index < -0.39 is 11.9 Å². The standard InChI is InChI=1S/C20H26F3N5O/c1-14-12-28(7-8-29-14)13-16-6-4-5-15(9-16)11-24-19-25-17(20(21,22)23)10-18(26-19)27(2)3/h4-6,9-10,14H,7-8,11-13H2,1-3H3,(H,24,25,26). The number of anilines is 2. The molecule has 1 N–H and O–H groups in total. The van der Waals surface area contributed by atoms with Crippen molar-refractivity contribution in [3.05, 3.63) is 47.2 Å². The second-order valence-corrected chi connectivity index (χ2v) is 7.42. The molecule has 1 aromatic carbocycles. The molecule has 2 aromatic rings. The molecular formula is C20H26F3N5O. The summed E-state index contributed by atoms with van der Waals surface area (Å²) >= 11 is 0. The molecule has 1 unspecified atom stereocenters. The van der Waals surface area contributed by atoms with E-state index in [0.29, 0.717) is 6.54 Å². The van der Waals surface area contributed by atoms with Gasteiger partial charge < -0.3 is 15.0 Å². The summed E-state index contributed by atoms with van der Waals surface area (Å²) in [6.45, 7) is 5.70. The summed E-state index contributed by atoms with van der Waals surface area (Å²) in [6.07, 6.45) is -4.31. The van der Waals surface area contributed by atoms with Crippen LogP contribution in [-0.2, 0) is 24.0 Å². The molecule has 0 amide bonds. The lowest BCUT2D eigenvalue weighted by atomic mass is 10.1. The van der Waals surface area contributed by atoms with E-state index in [1.165, 1.54) is 4.90 Å². The Morgan fingerprint density at radius 2 is 1.97 bits per heavy atom. The molecule has 1 aliphatic rings. The van der Waals surface area contributed by atoms with Crippen LogP contribution in [0.1, 0.15) is 23.7 Å². The lowest BCUT2D eigenvalue weighted by Crippen LogP contribution is -2.40. The number of alkyl halides is 3. The van der Waals surface area contributed by atoms with Crippen LogP contribution in [0.4, 0.5) is 24.9 Å². The van der Waals surface area contributed by atoms with E-state index in [9.17, 15) is 13.2 Å². The average molecular weight is 409 g/mol. The second kappa shape index (κ2) is 8.96. The average Bonchev–Trinajstić information content (AvgIpc) is 2.66. The Balaban J connectivity index is 1.69. The smallest absolute Gasteiger partial charge is 0.376 e. The van der Waals surface area contributed by atoms with Gasteiger partial charge in [-0.25, -0.2) is 4.98 Å². The second-order valence-electron chi connectivity index (χ2n) is 7.42. The molecule has 29 heavy (non-hydrogen) atoms. The molecule has 9 heteroatoms. The summed E-state index contributed by atoms with van der Waals surface area (Å²) in [5.41, 5.74) is 1.14. The number of hydrogen-bond acceptors (Lipinski definition) is 6. The number of rotatable bonds is 6. The van der Waals surface area contributed by atoms with Crippen molar-refractivity contribution < 1.29 is 17.9 Å². The zero-order valence-corrected chi connectivity index (χ0v) is 16.8. The highest BCUT2D eigenvalue weighted by Crippen LogP contribution is 2.30. The van der Waals surface area contributed by atoms with Crippen molar-refractivity contribution in [2.24, 2.45) is 0 Å². The van der Waals surface area contributed by atoms with E-state index in [0.717, 1.165) is 43.4 Å². The van der Waals surface area contributed by atoms with Gasteiger partial charge in [-0.05, 0) is 18.1 Å². The third-order valence-corrected chi connectivity index (χ3v) is 4.63. The zero-order valence-electron chi connectivity index (χ0n) is 16.8. The molecule has 3 rings (SSSR count). The minimum Gasteiger partial charge on any atom is -0.376 e. The molecule has 158 valence electrons. The first-order valence-electron chi connectivity index (χ1n) is 9.50. The highest BCUT2D eigenvalue weighted by Gasteiger charge is 2.34. The van der Waals surface area contributed by atoms with Crippen LogP contribution in [0.15, 0.2) is 30.3 Å². The predicted molar refractivity (Wildman–Crippen MR) is 106 cm³/mol. The first-order chi connectivity index (χ1) is 13.7. The molecular weight excluding hydrogens is 383 g/mol. The Bertz CT molecular complexity index is 828. The maximum Gasteiger partial charge on any atom is 0.433 e. The Hall–Kier alpha value is -2.39. The van der Waals surface area contributed by atoms with Crippen LogP contribution in [0, 0.1) is 0 Å². The third kappa shape index (κ3) is 6.04. The Morgan fingerprint density at radius 1 is 1.21 bits per heavy atom. The zero-order chi connectivity index (χ0) is 21.0. The van der Waals surface area contributed by atoms with Crippen molar-refractivity contribution in [1.82, 2.24) is 14.9 Å². The fourth-order valence-corrected chi connectivity index (χ4v) is 3.20. The summed E-state index contributed by atoms with van der Waals surface area (Å²) in [5.74, 6) is 0.154. The summed E-state index contributed by atoms with van der Waals surface area (Å²) < 4.78 is 45.0. The fourth-order valence-electron chi connectivity index (χ4n) is 3.20. The number of hydrogen-bond donors (Lipinski definition) is 1. The lowest BCUT2D eigenvalue weighted by molar-refractivity contribution is -0.141. The Labute approximate surface area is 168 Å². The van der Waals surface area contributed by atoms with Gasteiger partial charge >= 0.3 is 6.18 Å². The first kappa shape index (κ1) is 21.3. The van der Waals surface area contributed by atoms with E-state index in [1.807, 2.05) is 18.2 Å². The molecule has 0 saturated carbocycles. The molecule has 0 spiro atoms. The fraction of sp³-hybridized carbons (Fsp3) is 0.500. The third-order valence-electron chi connectivity index (χ3n) is 4.63. The van der Waals surface area contributed by atoms with Gasteiger partial charge in [0.05, 0.1) is 12.7 Å². The van der Waals surface area contributed by atoms with Gasteiger partial charge in [0.1, 0.15) is 5.82 Å². The number of halogens is 3. The summed E-state index contributed by atoms with van der Waals surface area (Å²) in [7, 11) is 3.28. The van der Waals surface area contributed by atoms with Gasteiger partial charge in [0.25, 0.3) is 0 Å². The van der Waals surface area contributed by atoms with Gasteiger partial charge in [-0.3, -0.25) is 4.90 Å². The lowest BCUT2D eigenvalue weighted by Gasteiger charge is -2.31. The van der Waals surface area contributed by atoms with Gasteiger partial charge in [-0.2, -0.15) is 18.2 Å². The molecule has 1 aliphatic heterocycles. The largest absolute Gasteiger partial charge is 0.433 e. The minimum atomic E-state index is -4.53. The Kier molecular flexibility index (Phi) is 6.59. The first-order valence-corrected chi connectivity index (χ1v) is 9.50. The van der Waals surface area contributed by atoms with E-state index in [4.69, 9.17) is 4.74 Å². The monoisotopic (exact) mass is 409 g/mol. The van der Waals surface area contributed by atoms with Crippen LogP contribution in [0.2, 0.25) is 0 Å². The maximum atomic E-state index is 13.1. The number of benzene rings is 1. The molecule has 6 nitrogen and oxygen atoms in total. The van der Waals surface area contributed by atoms with Gasteiger partial charge in [0.15, 0.2) is 5.69 Å². The van der Waals surface area contributed by atoms with Crippen molar-refractivity contribution in [3.8, 4) is 0 Å². The summed E-state index contributed by atoms with van der Waals surface area (Å²) in [6, 6.07) is 8.92. The van der Waals surface area contributed by atoms with Crippen molar-refractivity contribution in [1.29, 1.82) is 0 Å². The summed E-state index contributed by atoms with van der Waals surface area (Å²) in [5, 5.41) is 2.92. The van der Waals surface area contributed by atoms with Crippen LogP contribution < -0.4 is 10.2 Å². The molecule has 1 fully saturated rings. The number of aromatic nitrogens is 2. The van der Waals surface area contributed by atoms with Gasteiger partial charge in [0.2, 0.25) is 5.95 Å². The van der Waals surface area contributed by atoms with Crippen LogP contribution in [0.5, 0.6) is 0 Å². The molecule has 1 saturated heterocycles. The van der Waals surface area contributed by atoms with Crippen LogP contribution in [-0.4, -0.2) is 54.8 Å². The highest BCUT2D eigenvalue weighted by molar-refractivity contribution is 5.44. The van der Waals surface area contributed by atoms with Gasteiger partial charge in [-0.1, -0.05) is 24.3 Å². The normalized spacial score (nSPS) is 17.9. The number of nitrogens with one attached hydrogen (secondary N) is 1. The molecule has 0 bridgehead atoms. The minimum absolute atomic E-state index is 0.0454. The van der Waals surface area contributed by atoms with E-state index in [1.54, 1.807) is 14.1 Å². The van der Waals surface area contributed by atoms with Crippen molar-refractivity contribution >= 4 is 11.8 Å². The quantitative estimate of drug-likeness (QED) is 0.789. The van der Waals surface area contributed by atoms with E-state index in [-0.39, 0.29) is 17.9 Å². The molecule has 2 heterocycles. The topological polar surface area (TPSA) is 53.5 Å². The SMILES string of the molecule is CC1CN(Cc2cccc(CNc3nc(N(C)C)cc(C(F)(F)F)n3)c2)CCO1. The van der Waals surface area contributed by atoms with Crippen molar-refractivity contribution in [3.63, 3.8) is 0 Å². The molecule has 1 aromatic heterocycles. The molecule has 0 aliphatic carbocycles. The number of ether oxygens (including phenoxy) is 1. The van der Waals surface area contributed by atoms with Gasteiger partial charge in [-0.15, -0.1) is 0 Å². The van der Waals surface area contributed by atoms with E-state index >= 15 is 0 Å². The summed E-state index contributed by atoms with van der Waals surface area (Å²) in [4.78, 5) is 11.7. The maximum absolute atomic E-state index is 13.1. The predicted octanol–water partition coefficient (Wildman–Crippen LogP) is 3.39. The molecule has 1 atom stereocenters. The van der Waals surface area contributed by atoms with Crippen molar-refractivity contribution in [2.75, 3.05) is 44.0 Å². The Morgan fingerprint density at radius 3 is 2.66 bits per heavy atom. The number of morpholine rings is 1. The van der Waals surface area contributed by atoms with Crippen molar-refractivity contribution in [2.45, 2.75) is 32.3 Å². The van der Waals surface area contributed by atoms with Gasteiger partial charge in [0, 0.05) is 46.3 Å². The highest BCUT2D eigenvalue weighted by atomic mass is 19.4.